The van der Waals surface area contributed by atoms with Crippen LogP contribution in [0.1, 0.15) is 34.1 Å². The third-order valence-electron chi connectivity index (χ3n) is 6.05. The summed E-state index contributed by atoms with van der Waals surface area (Å²) < 4.78 is 13.1. The van der Waals surface area contributed by atoms with Crippen molar-refractivity contribution in [2.75, 3.05) is 6.61 Å². The van der Waals surface area contributed by atoms with E-state index in [2.05, 4.69) is 10.3 Å². The zero-order valence-electron chi connectivity index (χ0n) is 20.2. The zero-order chi connectivity index (χ0) is 25.7. The molecule has 0 bridgehead atoms. The van der Waals surface area contributed by atoms with Crippen molar-refractivity contribution in [2.24, 2.45) is 0 Å². The molecular weight excluding hydrogens is 466 g/mol. The number of carbonyl (C=O) groups excluding carboxylic acids is 1. The molecule has 7 heteroatoms. The van der Waals surface area contributed by atoms with Gasteiger partial charge in [-0.2, -0.15) is 0 Å². The Labute approximate surface area is 214 Å². The number of carbonyl (C=O) groups is 1. The average Bonchev–Trinajstić information content (AvgIpc) is 3.36. The lowest BCUT2D eigenvalue weighted by Crippen LogP contribution is -2.40. The summed E-state index contributed by atoms with van der Waals surface area (Å²) in [6, 6.07) is 35.7. The van der Waals surface area contributed by atoms with Gasteiger partial charge in [-0.05, 0) is 47.9 Å². The lowest BCUT2D eigenvalue weighted by molar-refractivity contribution is 0.0505. The number of aromatic hydroxyl groups is 1. The molecule has 7 nitrogen and oxygen atoms in total. The van der Waals surface area contributed by atoms with Gasteiger partial charge in [0.05, 0.1) is 6.61 Å². The summed E-state index contributed by atoms with van der Waals surface area (Å²) in [5, 5.41) is 18.5. The van der Waals surface area contributed by atoms with Gasteiger partial charge in [0.1, 0.15) is 17.0 Å². The van der Waals surface area contributed by atoms with Gasteiger partial charge in [0.2, 0.25) is 5.69 Å². The molecule has 0 unspecified atom stereocenters. The maximum atomic E-state index is 13.5. The Kier molecular flexibility index (Phi) is 6.68. The van der Waals surface area contributed by atoms with E-state index in [0.29, 0.717) is 5.75 Å². The highest BCUT2D eigenvalue weighted by atomic mass is 16.5. The van der Waals surface area contributed by atoms with E-state index >= 15 is 0 Å². The van der Waals surface area contributed by atoms with E-state index < -0.39 is 11.5 Å². The molecule has 1 aromatic heterocycles. The smallest absolute Gasteiger partial charge is 0.362 e. The summed E-state index contributed by atoms with van der Waals surface area (Å²) in [4.78, 5) is 13.5. The van der Waals surface area contributed by atoms with Gasteiger partial charge in [-0.3, -0.25) is 0 Å². The van der Waals surface area contributed by atoms with Crippen LogP contribution < -0.4 is 4.74 Å². The Morgan fingerprint density at radius 2 is 1.27 bits per heavy atom. The van der Waals surface area contributed by atoms with Crippen LogP contribution in [-0.4, -0.2) is 32.7 Å². The van der Waals surface area contributed by atoms with Crippen LogP contribution in [0.5, 0.6) is 17.4 Å². The fourth-order valence-corrected chi connectivity index (χ4v) is 4.48. The van der Waals surface area contributed by atoms with E-state index in [9.17, 15) is 9.90 Å². The second-order valence-electron chi connectivity index (χ2n) is 8.28. The molecule has 5 rings (SSSR count). The Morgan fingerprint density at radius 1 is 0.784 bits per heavy atom. The van der Waals surface area contributed by atoms with Gasteiger partial charge in [-0.15, -0.1) is 0 Å². The van der Waals surface area contributed by atoms with Gasteiger partial charge in [-0.1, -0.05) is 101 Å². The number of hydrogen-bond donors (Lipinski definition) is 1. The van der Waals surface area contributed by atoms with Crippen LogP contribution in [0.25, 0.3) is 0 Å². The molecule has 0 saturated heterocycles. The SMILES string of the molecule is CCOC(=O)c1c(Oc2ccc(O)cc2)nnn1C(c1ccccc1)(c1ccccc1)c1ccccc1. The number of aromatic nitrogens is 3. The van der Waals surface area contributed by atoms with Crippen LogP contribution >= 0.6 is 0 Å². The van der Waals surface area contributed by atoms with E-state index in [4.69, 9.17) is 9.47 Å². The fraction of sp³-hybridized carbons (Fsp3) is 0.100. The molecule has 37 heavy (non-hydrogen) atoms. The second kappa shape index (κ2) is 10.4. The summed E-state index contributed by atoms with van der Waals surface area (Å²) in [6.07, 6.45) is 0. The first-order valence-electron chi connectivity index (χ1n) is 11.9. The fourth-order valence-electron chi connectivity index (χ4n) is 4.48. The molecule has 0 aliphatic rings. The maximum Gasteiger partial charge on any atom is 0.362 e. The van der Waals surface area contributed by atoms with Crippen LogP contribution in [0.2, 0.25) is 0 Å². The number of benzene rings is 4. The summed E-state index contributed by atoms with van der Waals surface area (Å²) >= 11 is 0. The van der Waals surface area contributed by atoms with Gasteiger partial charge in [-0.25, -0.2) is 9.48 Å². The van der Waals surface area contributed by atoms with Crippen molar-refractivity contribution in [1.82, 2.24) is 15.0 Å². The van der Waals surface area contributed by atoms with E-state index in [-0.39, 0.29) is 23.9 Å². The summed E-state index contributed by atoms with van der Waals surface area (Å²) in [5.41, 5.74) is 1.61. The Morgan fingerprint density at radius 3 is 1.73 bits per heavy atom. The largest absolute Gasteiger partial charge is 0.508 e. The molecule has 0 spiro atoms. The molecular formula is C30H25N3O4. The highest BCUT2D eigenvalue weighted by molar-refractivity contribution is 5.90. The molecule has 184 valence electrons. The highest BCUT2D eigenvalue weighted by Crippen LogP contribution is 2.42. The van der Waals surface area contributed by atoms with Crippen molar-refractivity contribution in [3.05, 3.63) is 138 Å². The van der Waals surface area contributed by atoms with Gasteiger partial charge in [0, 0.05) is 0 Å². The minimum absolute atomic E-state index is 0.00342. The molecule has 0 aliphatic heterocycles. The molecule has 1 N–H and O–H groups in total. The molecule has 0 fully saturated rings. The molecule has 0 amide bonds. The first-order chi connectivity index (χ1) is 18.1. The third kappa shape index (κ3) is 4.43. The Bertz CT molecular complexity index is 1370. The van der Waals surface area contributed by atoms with Crippen molar-refractivity contribution >= 4 is 5.97 Å². The van der Waals surface area contributed by atoms with Gasteiger partial charge < -0.3 is 14.6 Å². The molecule has 5 aromatic rings. The first kappa shape index (κ1) is 23.8. The lowest BCUT2D eigenvalue weighted by atomic mass is 9.77. The van der Waals surface area contributed by atoms with Gasteiger partial charge >= 0.3 is 5.97 Å². The van der Waals surface area contributed by atoms with Crippen molar-refractivity contribution in [1.29, 1.82) is 0 Å². The number of nitrogens with zero attached hydrogens (tertiary/aromatic N) is 3. The van der Waals surface area contributed by atoms with Gasteiger partial charge in [0.15, 0.2) is 0 Å². The monoisotopic (exact) mass is 491 g/mol. The Hall–Kier alpha value is -4.91. The van der Waals surface area contributed by atoms with Crippen LogP contribution in [0.4, 0.5) is 0 Å². The number of hydrogen-bond acceptors (Lipinski definition) is 6. The number of rotatable bonds is 8. The molecule has 0 saturated carbocycles. The topological polar surface area (TPSA) is 86.5 Å². The van der Waals surface area contributed by atoms with Crippen molar-refractivity contribution in [2.45, 2.75) is 12.5 Å². The third-order valence-corrected chi connectivity index (χ3v) is 6.05. The maximum absolute atomic E-state index is 13.5. The minimum atomic E-state index is -1.07. The van der Waals surface area contributed by atoms with Crippen molar-refractivity contribution < 1.29 is 19.4 Å². The molecule has 0 radical (unpaired) electrons. The van der Waals surface area contributed by atoms with Crippen LogP contribution in [0.15, 0.2) is 115 Å². The number of phenols is 1. The highest BCUT2D eigenvalue weighted by Gasteiger charge is 2.44. The van der Waals surface area contributed by atoms with Crippen LogP contribution in [0, 0.1) is 0 Å². The predicted octanol–water partition coefficient (Wildman–Crippen LogP) is 5.79. The standard InChI is InChI=1S/C30H25N3O4/c1-2-36-29(35)27-28(37-26-20-18-25(34)19-21-26)31-32-33(27)30(22-12-6-3-7-13-22,23-14-8-4-9-15-23)24-16-10-5-11-17-24/h3-21,34H,2H2,1H3. The second-order valence-corrected chi connectivity index (χ2v) is 8.28. The van der Waals surface area contributed by atoms with Gasteiger partial charge in [0.25, 0.3) is 5.88 Å². The van der Waals surface area contributed by atoms with E-state index in [1.807, 2.05) is 91.0 Å². The summed E-state index contributed by atoms with van der Waals surface area (Å²) in [6.45, 7) is 1.91. The lowest BCUT2D eigenvalue weighted by Gasteiger charge is -2.36. The number of ether oxygens (including phenoxy) is 2. The molecule has 0 aliphatic carbocycles. The zero-order valence-corrected chi connectivity index (χ0v) is 20.2. The molecule has 1 heterocycles. The number of esters is 1. The summed E-state index contributed by atoms with van der Waals surface area (Å²) in [7, 11) is 0. The normalized spacial score (nSPS) is 11.2. The first-order valence-corrected chi connectivity index (χ1v) is 11.9. The summed E-state index contributed by atoms with van der Waals surface area (Å²) in [5.74, 6) is -0.136. The van der Waals surface area contributed by atoms with E-state index in [1.54, 1.807) is 23.7 Å². The van der Waals surface area contributed by atoms with Crippen molar-refractivity contribution in [3.8, 4) is 17.4 Å². The number of phenolic OH excluding ortho intramolecular Hbond substituents is 1. The minimum Gasteiger partial charge on any atom is -0.508 e. The quantitative estimate of drug-likeness (QED) is 0.218. The van der Waals surface area contributed by atoms with Crippen LogP contribution in [0.3, 0.4) is 0 Å². The average molecular weight is 492 g/mol. The molecule has 0 atom stereocenters. The predicted molar refractivity (Wildman–Crippen MR) is 139 cm³/mol. The van der Waals surface area contributed by atoms with E-state index in [1.165, 1.54) is 12.1 Å². The van der Waals surface area contributed by atoms with Crippen molar-refractivity contribution in [3.63, 3.8) is 0 Å². The van der Waals surface area contributed by atoms with Crippen LogP contribution in [-0.2, 0) is 10.3 Å². The Balaban J connectivity index is 1.83. The molecule has 4 aromatic carbocycles. The van der Waals surface area contributed by atoms with E-state index in [0.717, 1.165) is 16.7 Å².